The van der Waals surface area contributed by atoms with E-state index in [0.29, 0.717) is 18.7 Å². The number of aliphatic hydroxyl groups is 1. The topological polar surface area (TPSA) is 59.0 Å². The quantitative estimate of drug-likeness (QED) is 0.914. The molecule has 0 spiro atoms. The first-order chi connectivity index (χ1) is 11.2. The van der Waals surface area contributed by atoms with Crippen molar-refractivity contribution in [2.75, 3.05) is 26.9 Å². The van der Waals surface area contributed by atoms with E-state index in [1.54, 1.807) is 12.0 Å². The van der Waals surface area contributed by atoms with Crippen LogP contribution in [0.25, 0.3) is 10.8 Å². The number of aliphatic hydroxyl groups excluding tert-OH is 1. The minimum Gasteiger partial charge on any atom is -0.484 e. The summed E-state index contributed by atoms with van der Waals surface area (Å²) in [7, 11) is 1.62. The molecule has 1 N–H and O–H groups in total. The maximum absolute atomic E-state index is 12.3. The van der Waals surface area contributed by atoms with Crippen molar-refractivity contribution in [1.82, 2.24) is 4.90 Å². The highest BCUT2D eigenvalue weighted by atomic mass is 16.5. The molecule has 1 aliphatic rings. The third-order valence-corrected chi connectivity index (χ3v) is 4.32. The zero-order chi connectivity index (χ0) is 16.2. The summed E-state index contributed by atoms with van der Waals surface area (Å²) in [6.07, 6.45) is 0.645. The molecular formula is C18H21NO4. The van der Waals surface area contributed by atoms with Crippen LogP contribution in [-0.4, -0.2) is 54.9 Å². The van der Waals surface area contributed by atoms with Crippen molar-refractivity contribution in [3.63, 3.8) is 0 Å². The molecule has 1 heterocycles. The van der Waals surface area contributed by atoms with Crippen molar-refractivity contribution >= 4 is 16.7 Å². The highest BCUT2D eigenvalue weighted by Crippen LogP contribution is 2.22. The van der Waals surface area contributed by atoms with Gasteiger partial charge in [-0.1, -0.05) is 30.3 Å². The molecule has 1 aliphatic heterocycles. The number of ether oxygens (including phenoxy) is 2. The normalized spacial score (nSPS) is 20.9. The van der Waals surface area contributed by atoms with Gasteiger partial charge in [-0.2, -0.15) is 0 Å². The molecule has 0 radical (unpaired) electrons. The van der Waals surface area contributed by atoms with E-state index in [2.05, 4.69) is 0 Å². The highest BCUT2D eigenvalue weighted by Gasteiger charge is 2.34. The fraction of sp³-hybridized carbons (Fsp3) is 0.389. The van der Waals surface area contributed by atoms with Gasteiger partial charge in [0.2, 0.25) is 0 Å². The van der Waals surface area contributed by atoms with Gasteiger partial charge < -0.3 is 19.5 Å². The summed E-state index contributed by atoms with van der Waals surface area (Å²) in [5.74, 6) is 0.539. The number of methoxy groups -OCH3 is 1. The van der Waals surface area contributed by atoms with Gasteiger partial charge in [0, 0.05) is 13.7 Å². The monoisotopic (exact) mass is 315 g/mol. The van der Waals surface area contributed by atoms with Crippen molar-refractivity contribution in [3.05, 3.63) is 42.5 Å². The number of benzene rings is 2. The first-order valence-corrected chi connectivity index (χ1v) is 7.76. The van der Waals surface area contributed by atoms with Gasteiger partial charge in [-0.05, 0) is 29.3 Å². The molecule has 2 atom stereocenters. The maximum Gasteiger partial charge on any atom is 0.260 e. The SMILES string of the molecule is CO[C@@H]1C[C@@H](CO)N(C(=O)COc2ccc3ccccc3c2)C1. The number of hydrogen-bond acceptors (Lipinski definition) is 4. The first-order valence-electron chi connectivity index (χ1n) is 7.76. The maximum atomic E-state index is 12.3. The number of hydrogen-bond donors (Lipinski definition) is 1. The number of likely N-dealkylation sites (tertiary alicyclic amines) is 1. The number of carbonyl (C=O) groups is 1. The zero-order valence-electron chi connectivity index (χ0n) is 13.1. The van der Waals surface area contributed by atoms with E-state index >= 15 is 0 Å². The van der Waals surface area contributed by atoms with Crippen LogP contribution in [0.15, 0.2) is 42.5 Å². The van der Waals surface area contributed by atoms with Crippen LogP contribution in [0, 0.1) is 0 Å². The van der Waals surface area contributed by atoms with Crippen molar-refractivity contribution in [2.45, 2.75) is 18.6 Å². The van der Waals surface area contributed by atoms with Gasteiger partial charge in [-0.3, -0.25) is 4.79 Å². The highest BCUT2D eigenvalue weighted by molar-refractivity contribution is 5.84. The standard InChI is InChI=1S/C18H21NO4/c1-22-17-9-15(11-20)19(10-17)18(21)12-23-16-7-6-13-4-2-3-5-14(13)8-16/h2-8,15,17,20H,9-12H2,1H3/t15-,17+/m0/s1. The van der Waals surface area contributed by atoms with Gasteiger partial charge in [0.05, 0.1) is 18.8 Å². The predicted octanol–water partition coefficient (Wildman–Crippen LogP) is 1.83. The molecule has 2 aromatic carbocycles. The van der Waals surface area contributed by atoms with Crippen molar-refractivity contribution in [1.29, 1.82) is 0 Å². The summed E-state index contributed by atoms with van der Waals surface area (Å²) in [6.45, 7) is 0.411. The molecule has 1 saturated heterocycles. The van der Waals surface area contributed by atoms with Crippen molar-refractivity contribution < 1.29 is 19.4 Å². The van der Waals surface area contributed by atoms with Crippen LogP contribution < -0.4 is 4.74 Å². The van der Waals surface area contributed by atoms with E-state index in [4.69, 9.17) is 9.47 Å². The summed E-state index contributed by atoms with van der Waals surface area (Å²) >= 11 is 0. The van der Waals surface area contributed by atoms with Crippen LogP contribution in [0.5, 0.6) is 5.75 Å². The third kappa shape index (κ3) is 3.46. The van der Waals surface area contributed by atoms with E-state index in [9.17, 15) is 9.90 Å². The van der Waals surface area contributed by atoms with Crippen LogP contribution >= 0.6 is 0 Å². The Labute approximate surface area is 135 Å². The van der Waals surface area contributed by atoms with E-state index in [1.165, 1.54) is 0 Å². The Balaban J connectivity index is 1.63. The zero-order valence-corrected chi connectivity index (χ0v) is 13.1. The number of rotatable bonds is 5. The Morgan fingerprint density at radius 3 is 2.78 bits per heavy atom. The lowest BCUT2D eigenvalue weighted by molar-refractivity contribution is -0.135. The predicted molar refractivity (Wildman–Crippen MR) is 87.4 cm³/mol. The lowest BCUT2D eigenvalue weighted by atomic mass is 10.1. The number of fused-ring (bicyclic) bond motifs is 1. The van der Waals surface area contributed by atoms with Gasteiger partial charge in [-0.15, -0.1) is 0 Å². The average Bonchev–Trinajstić information content (AvgIpc) is 3.03. The minimum atomic E-state index is -0.187. The van der Waals surface area contributed by atoms with Gasteiger partial charge in [0.25, 0.3) is 5.91 Å². The summed E-state index contributed by atoms with van der Waals surface area (Å²) in [5, 5.41) is 11.6. The molecule has 122 valence electrons. The van der Waals surface area contributed by atoms with Crippen molar-refractivity contribution in [2.24, 2.45) is 0 Å². The number of amides is 1. The summed E-state index contributed by atoms with van der Waals surface area (Å²) in [4.78, 5) is 14.0. The van der Waals surface area contributed by atoms with Gasteiger partial charge in [0.15, 0.2) is 6.61 Å². The molecule has 0 aromatic heterocycles. The second kappa shape index (κ2) is 6.98. The molecule has 23 heavy (non-hydrogen) atoms. The minimum absolute atomic E-state index is 0.0169. The van der Waals surface area contributed by atoms with Crippen LogP contribution in [0.1, 0.15) is 6.42 Å². The molecular weight excluding hydrogens is 294 g/mol. The van der Waals surface area contributed by atoms with E-state index < -0.39 is 0 Å². The number of nitrogens with zero attached hydrogens (tertiary/aromatic N) is 1. The Morgan fingerprint density at radius 2 is 2.04 bits per heavy atom. The molecule has 0 saturated carbocycles. The third-order valence-electron chi connectivity index (χ3n) is 4.32. The fourth-order valence-electron chi connectivity index (χ4n) is 3.01. The number of carbonyl (C=O) groups excluding carboxylic acids is 1. The van der Waals surface area contributed by atoms with E-state index in [1.807, 2.05) is 42.5 Å². The lowest BCUT2D eigenvalue weighted by Gasteiger charge is -2.22. The smallest absolute Gasteiger partial charge is 0.260 e. The molecule has 3 rings (SSSR count). The summed E-state index contributed by atoms with van der Waals surface area (Å²) < 4.78 is 10.9. The second-order valence-electron chi connectivity index (χ2n) is 5.77. The van der Waals surface area contributed by atoms with Crippen LogP contribution in [0.3, 0.4) is 0 Å². The molecule has 1 amide bonds. The van der Waals surface area contributed by atoms with E-state index in [-0.39, 0.29) is 31.3 Å². The molecule has 5 nitrogen and oxygen atoms in total. The molecule has 1 fully saturated rings. The second-order valence-corrected chi connectivity index (χ2v) is 5.77. The van der Waals surface area contributed by atoms with Crippen LogP contribution in [0.2, 0.25) is 0 Å². The van der Waals surface area contributed by atoms with Crippen LogP contribution in [0.4, 0.5) is 0 Å². The Bertz CT molecular complexity index is 688. The molecule has 0 bridgehead atoms. The van der Waals surface area contributed by atoms with Gasteiger partial charge >= 0.3 is 0 Å². The molecule has 0 aliphatic carbocycles. The lowest BCUT2D eigenvalue weighted by Crippen LogP contribution is -2.40. The first kappa shape index (κ1) is 15.8. The Kier molecular flexibility index (Phi) is 4.79. The molecule has 0 unspecified atom stereocenters. The van der Waals surface area contributed by atoms with Crippen LogP contribution in [-0.2, 0) is 9.53 Å². The molecule has 5 heteroatoms. The van der Waals surface area contributed by atoms with E-state index in [0.717, 1.165) is 10.8 Å². The fourth-order valence-corrected chi connectivity index (χ4v) is 3.01. The summed E-state index contributed by atoms with van der Waals surface area (Å²) in [5.41, 5.74) is 0. The van der Waals surface area contributed by atoms with Crippen molar-refractivity contribution in [3.8, 4) is 5.75 Å². The average molecular weight is 315 g/mol. The van der Waals surface area contributed by atoms with Gasteiger partial charge in [0.1, 0.15) is 5.75 Å². The van der Waals surface area contributed by atoms with Gasteiger partial charge in [-0.25, -0.2) is 0 Å². The Hall–Kier alpha value is -2.11. The largest absolute Gasteiger partial charge is 0.484 e. The Morgan fingerprint density at radius 1 is 1.26 bits per heavy atom. The summed E-state index contributed by atoms with van der Waals surface area (Å²) in [6, 6.07) is 13.6. The molecule has 2 aromatic rings.